The highest BCUT2D eigenvalue weighted by Crippen LogP contribution is 2.24. The number of nitrogens with zero attached hydrogens (tertiary/aromatic N) is 2. The number of hydrogen-bond donors (Lipinski definition) is 0. The van der Waals surface area contributed by atoms with Crippen molar-refractivity contribution in [1.82, 2.24) is 9.80 Å². The zero-order valence-electron chi connectivity index (χ0n) is 15.5. The summed E-state index contributed by atoms with van der Waals surface area (Å²) in [5.74, 6) is 1.05. The lowest BCUT2D eigenvalue weighted by atomic mass is 10.1. The van der Waals surface area contributed by atoms with E-state index in [-0.39, 0.29) is 11.9 Å². The number of para-hydroxylation sites is 1. The minimum atomic E-state index is -0.0644. The number of ether oxygens (including phenoxy) is 1. The summed E-state index contributed by atoms with van der Waals surface area (Å²) in [5.41, 5.74) is 1.13. The second-order valence-electron chi connectivity index (χ2n) is 6.73. The molecule has 0 aliphatic carbocycles. The summed E-state index contributed by atoms with van der Waals surface area (Å²) >= 11 is 0. The van der Waals surface area contributed by atoms with E-state index in [9.17, 15) is 4.79 Å². The molecular weight excluding hydrogens is 324 g/mol. The van der Waals surface area contributed by atoms with E-state index in [2.05, 4.69) is 24.0 Å². The molecule has 1 aliphatic rings. The smallest absolute Gasteiger partial charge is 0.224 e. The van der Waals surface area contributed by atoms with Gasteiger partial charge in [0.25, 0.3) is 0 Å². The molecule has 0 spiro atoms. The first-order valence-electron chi connectivity index (χ1n) is 9.52. The predicted molar refractivity (Wildman–Crippen MR) is 104 cm³/mol. The molecule has 0 saturated carbocycles. The van der Waals surface area contributed by atoms with Crippen molar-refractivity contribution in [3.05, 3.63) is 66.2 Å². The first-order valence-corrected chi connectivity index (χ1v) is 9.52. The molecule has 0 aromatic heterocycles. The van der Waals surface area contributed by atoms with Gasteiger partial charge in [0.15, 0.2) is 0 Å². The fourth-order valence-electron chi connectivity index (χ4n) is 3.49. The van der Waals surface area contributed by atoms with Crippen molar-refractivity contribution in [2.24, 2.45) is 0 Å². The molecular formula is C22H28N2O2. The Balaban J connectivity index is 1.77. The molecule has 1 fully saturated rings. The molecule has 4 heteroatoms. The van der Waals surface area contributed by atoms with Crippen molar-refractivity contribution in [1.29, 1.82) is 0 Å². The summed E-state index contributed by atoms with van der Waals surface area (Å²) in [6.07, 6.45) is 1.70. The van der Waals surface area contributed by atoms with Crippen LogP contribution in [0.3, 0.4) is 0 Å². The van der Waals surface area contributed by atoms with Crippen LogP contribution in [-0.2, 0) is 4.79 Å². The third-order valence-corrected chi connectivity index (χ3v) is 4.87. The van der Waals surface area contributed by atoms with Crippen molar-refractivity contribution < 1.29 is 9.53 Å². The number of amides is 1. The van der Waals surface area contributed by atoms with Gasteiger partial charge in [-0.05, 0) is 30.7 Å². The summed E-state index contributed by atoms with van der Waals surface area (Å²) in [7, 11) is 0. The van der Waals surface area contributed by atoms with Gasteiger partial charge in [0.2, 0.25) is 5.91 Å². The highest BCUT2D eigenvalue weighted by Gasteiger charge is 2.28. The molecule has 0 N–H and O–H groups in total. The monoisotopic (exact) mass is 352 g/mol. The number of carbonyl (C=O) groups excluding carboxylic acids is 1. The van der Waals surface area contributed by atoms with Gasteiger partial charge in [-0.2, -0.15) is 0 Å². The summed E-state index contributed by atoms with van der Waals surface area (Å²) < 4.78 is 6.03. The molecule has 1 aliphatic heterocycles. The van der Waals surface area contributed by atoms with Crippen LogP contribution >= 0.6 is 0 Å². The lowest BCUT2D eigenvalue weighted by Crippen LogP contribution is -2.39. The van der Waals surface area contributed by atoms with E-state index in [1.807, 2.05) is 53.4 Å². The Bertz CT molecular complexity index is 675. The first kappa shape index (κ1) is 18.5. The van der Waals surface area contributed by atoms with Gasteiger partial charge in [0.1, 0.15) is 12.4 Å². The van der Waals surface area contributed by atoms with Gasteiger partial charge in [0.05, 0.1) is 6.04 Å². The number of rotatable bonds is 7. The van der Waals surface area contributed by atoms with E-state index in [0.717, 1.165) is 43.9 Å². The number of benzene rings is 2. The second kappa shape index (κ2) is 9.39. The van der Waals surface area contributed by atoms with Crippen molar-refractivity contribution in [3.63, 3.8) is 0 Å². The highest BCUT2D eigenvalue weighted by molar-refractivity contribution is 5.77. The molecule has 3 rings (SSSR count). The summed E-state index contributed by atoms with van der Waals surface area (Å²) in [6, 6.07) is 20.0. The van der Waals surface area contributed by atoms with Crippen molar-refractivity contribution in [2.45, 2.75) is 25.8 Å². The van der Waals surface area contributed by atoms with Gasteiger partial charge in [-0.3, -0.25) is 4.79 Å². The van der Waals surface area contributed by atoms with Crippen LogP contribution in [0, 0.1) is 0 Å². The molecule has 1 amide bonds. The van der Waals surface area contributed by atoms with Gasteiger partial charge in [0, 0.05) is 26.1 Å². The predicted octanol–water partition coefficient (Wildman–Crippen LogP) is 3.75. The maximum absolute atomic E-state index is 12.8. The molecule has 2 aromatic rings. The minimum Gasteiger partial charge on any atom is -0.491 e. The van der Waals surface area contributed by atoms with Crippen LogP contribution in [-0.4, -0.2) is 48.5 Å². The molecule has 0 unspecified atom stereocenters. The van der Waals surface area contributed by atoms with Gasteiger partial charge >= 0.3 is 0 Å². The van der Waals surface area contributed by atoms with Gasteiger partial charge in [-0.25, -0.2) is 0 Å². The van der Waals surface area contributed by atoms with E-state index in [1.54, 1.807) is 0 Å². The summed E-state index contributed by atoms with van der Waals surface area (Å²) in [4.78, 5) is 17.2. The van der Waals surface area contributed by atoms with Crippen molar-refractivity contribution in [3.8, 4) is 5.75 Å². The molecule has 1 atom stereocenters. The standard InChI is InChI=1S/C22H28N2O2/c1-2-14-23-15-13-22(25)24(17-16-23)21(19-9-5-3-6-10-19)18-26-20-11-7-4-8-12-20/h3-12,21H,2,13-18H2,1H3/t21-/m1/s1. The van der Waals surface area contributed by atoms with E-state index in [1.165, 1.54) is 0 Å². The fourth-order valence-corrected chi connectivity index (χ4v) is 3.49. The topological polar surface area (TPSA) is 32.8 Å². The SMILES string of the molecule is CCCN1CCC(=O)N([C@H](COc2ccccc2)c2ccccc2)CC1. The van der Waals surface area contributed by atoms with Gasteiger partial charge in [-0.15, -0.1) is 0 Å². The maximum Gasteiger partial charge on any atom is 0.224 e. The average molecular weight is 352 g/mol. The average Bonchev–Trinajstić information content (AvgIpc) is 2.86. The summed E-state index contributed by atoms with van der Waals surface area (Å²) in [5, 5.41) is 0. The summed E-state index contributed by atoms with van der Waals surface area (Å²) in [6.45, 7) is 6.23. The normalized spacial score (nSPS) is 17.0. The Kier molecular flexibility index (Phi) is 6.67. The first-order chi connectivity index (χ1) is 12.8. The second-order valence-corrected chi connectivity index (χ2v) is 6.73. The van der Waals surface area contributed by atoms with Crippen LogP contribution in [0.25, 0.3) is 0 Å². The van der Waals surface area contributed by atoms with Crippen LogP contribution in [0.15, 0.2) is 60.7 Å². The number of carbonyl (C=O) groups is 1. The molecule has 138 valence electrons. The van der Waals surface area contributed by atoms with Crippen LogP contribution in [0.4, 0.5) is 0 Å². The third kappa shape index (κ3) is 4.85. The molecule has 1 heterocycles. The molecule has 4 nitrogen and oxygen atoms in total. The van der Waals surface area contributed by atoms with E-state index in [4.69, 9.17) is 4.74 Å². The Morgan fingerprint density at radius 3 is 2.35 bits per heavy atom. The molecule has 0 radical (unpaired) electrons. The largest absolute Gasteiger partial charge is 0.491 e. The van der Waals surface area contributed by atoms with Crippen LogP contribution in [0.1, 0.15) is 31.4 Å². The van der Waals surface area contributed by atoms with Crippen LogP contribution < -0.4 is 4.74 Å². The number of hydrogen-bond acceptors (Lipinski definition) is 3. The van der Waals surface area contributed by atoms with Crippen molar-refractivity contribution in [2.75, 3.05) is 32.8 Å². The highest BCUT2D eigenvalue weighted by atomic mass is 16.5. The molecule has 1 saturated heterocycles. The van der Waals surface area contributed by atoms with E-state index >= 15 is 0 Å². The lowest BCUT2D eigenvalue weighted by molar-refractivity contribution is -0.133. The van der Waals surface area contributed by atoms with Gasteiger partial charge in [-0.1, -0.05) is 55.5 Å². The van der Waals surface area contributed by atoms with Crippen molar-refractivity contribution >= 4 is 5.91 Å². The Morgan fingerprint density at radius 2 is 1.65 bits per heavy atom. The quantitative estimate of drug-likeness (QED) is 0.761. The third-order valence-electron chi connectivity index (χ3n) is 4.87. The Hall–Kier alpha value is -2.33. The minimum absolute atomic E-state index is 0.0644. The maximum atomic E-state index is 12.8. The zero-order valence-corrected chi connectivity index (χ0v) is 15.5. The zero-order chi connectivity index (χ0) is 18.2. The van der Waals surface area contributed by atoms with E-state index < -0.39 is 0 Å². The fraction of sp³-hybridized carbons (Fsp3) is 0.409. The molecule has 26 heavy (non-hydrogen) atoms. The molecule has 2 aromatic carbocycles. The van der Waals surface area contributed by atoms with Gasteiger partial charge < -0.3 is 14.5 Å². The van der Waals surface area contributed by atoms with E-state index in [0.29, 0.717) is 13.0 Å². The Morgan fingerprint density at radius 1 is 0.962 bits per heavy atom. The Labute approximate surface area is 156 Å². The van der Waals surface area contributed by atoms with Crippen LogP contribution in [0.2, 0.25) is 0 Å². The lowest BCUT2D eigenvalue weighted by Gasteiger charge is -2.31. The molecule has 0 bridgehead atoms. The van der Waals surface area contributed by atoms with Crippen LogP contribution in [0.5, 0.6) is 5.75 Å².